The molecule has 1 aromatic rings. The van der Waals surface area contributed by atoms with Gasteiger partial charge in [-0.25, -0.2) is 4.68 Å². The number of anilines is 1. The Hall–Kier alpha value is -1.85. The molecule has 0 fully saturated rings. The highest BCUT2D eigenvalue weighted by atomic mass is 16.6. The van der Waals surface area contributed by atoms with E-state index in [2.05, 4.69) is 22.5 Å². The summed E-state index contributed by atoms with van der Waals surface area (Å²) in [7, 11) is 0. The fraction of sp³-hybridized carbons (Fsp3) is 0.667. The molecule has 1 aromatic heterocycles. The van der Waals surface area contributed by atoms with Crippen LogP contribution in [0, 0.1) is 12.8 Å². The summed E-state index contributed by atoms with van der Waals surface area (Å²) in [5.41, 5.74) is 1.90. The molecule has 0 saturated carbocycles. The van der Waals surface area contributed by atoms with Gasteiger partial charge in [-0.05, 0) is 19.3 Å². The van der Waals surface area contributed by atoms with Crippen LogP contribution in [-0.4, -0.2) is 27.5 Å². The molecule has 2 rings (SSSR count). The van der Waals surface area contributed by atoms with Crippen molar-refractivity contribution in [3.05, 3.63) is 11.8 Å². The van der Waals surface area contributed by atoms with E-state index in [9.17, 15) is 4.79 Å². The SMILES string of the molecule is CCCCn1ncc(C)c1NC(=O)[C@H]1CC(C(C)C)=NO1. The fourth-order valence-electron chi connectivity index (χ4n) is 2.19. The maximum absolute atomic E-state index is 12.3. The number of aryl methyl sites for hydroxylation is 2. The quantitative estimate of drug-likeness (QED) is 0.876. The lowest BCUT2D eigenvalue weighted by atomic mass is 10.0. The summed E-state index contributed by atoms with van der Waals surface area (Å²) in [6, 6.07) is 0. The van der Waals surface area contributed by atoms with Crippen molar-refractivity contribution in [2.45, 2.75) is 59.6 Å². The van der Waals surface area contributed by atoms with Gasteiger partial charge in [-0.2, -0.15) is 5.10 Å². The number of hydrogen-bond acceptors (Lipinski definition) is 4. The van der Waals surface area contributed by atoms with E-state index < -0.39 is 6.10 Å². The molecular formula is C15H24N4O2. The Morgan fingerprint density at radius 3 is 2.95 bits per heavy atom. The molecule has 2 heterocycles. The van der Waals surface area contributed by atoms with Gasteiger partial charge in [0.1, 0.15) is 5.82 Å². The fourth-order valence-corrected chi connectivity index (χ4v) is 2.19. The van der Waals surface area contributed by atoms with E-state index in [0.717, 1.165) is 36.5 Å². The number of amides is 1. The standard InChI is InChI=1S/C15H24N4O2/c1-5-6-7-19-14(11(4)9-16-19)17-15(20)13-8-12(10(2)3)18-21-13/h9-10,13H,5-8H2,1-4H3,(H,17,20)/t13-/m1/s1. The molecule has 0 radical (unpaired) electrons. The van der Waals surface area contributed by atoms with Crippen molar-refractivity contribution in [3.8, 4) is 0 Å². The lowest BCUT2D eigenvalue weighted by Gasteiger charge is -2.12. The minimum Gasteiger partial charge on any atom is -0.382 e. The number of oxime groups is 1. The van der Waals surface area contributed by atoms with Gasteiger partial charge in [-0.3, -0.25) is 4.79 Å². The molecule has 1 N–H and O–H groups in total. The first kappa shape index (κ1) is 15.5. The molecule has 0 aliphatic carbocycles. The van der Waals surface area contributed by atoms with Gasteiger partial charge in [0.2, 0.25) is 6.10 Å². The Kier molecular flexibility index (Phi) is 4.98. The van der Waals surface area contributed by atoms with E-state index in [0.29, 0.717) is 12.3 Å². The second-order valence-corrected chi connectivity index (χ2v) is 5.78. The summed E-state index contributed by atoms with van der Waals surface area (Å²) < 4.78 is 1.84. The smallest absolute Gasteiger partial charge is 0.269 e. The number of unbranched alkanes of at least 4 members (excludes halogenated alkanes) is 1. The van der Waals surface area contributed by atoms with Crippen LogP contribution in [0.4, 0.5) is 5.82 Å². The van der Waals surface area contributed by atoms with Crippen molar-refractivity contribution < 1.29 is 9.63 Å². The zero-order valence-electron chi connectivity index (χ0n) is 13.2. The minimum absolute atomic E-state index is 0.157. The molecule has 0 spiro atoms. The summed E-state index contributed by atoms with van der Waals surface area (Å²) in [5.74, 6) is 0.908. The van der Waals surface area contributed by atoms with Crippen LogP contribution in [0.1, 0.15) is 45.6 Å². The van der Waals surface area contributed by atoms with Crippen molar-refractivity contribution in [2.24, 2.45) is 11.1 Å². The Bertz CT molecular complexity index is 534. The predicted molar refractivity (Wildman–Crippen MR) is 82.3 cm³/mol. The highest BCUT2D eigenvalue weighted by Gasteiger charge is 2.30. The highest BCUT2D eigenvalue weighted by Crippen LogP contribution is 2.20. The molecule has 1 aliphatic rings. The summed E-state index contributed by atoms with van der Waals surface area (Å²) in [6.45, 7) is 8.97. The van der Waals surface area contributed by atoms with Crippen LogP contribution < -0.4 is 5.32 Å². The highest BCUT2D eigenvalue weighted by molar-refractivity contribution is 5.99. The van der Waals surface area contributed by atoms with Crippen molar-refractivity contribution in [1.29, 1.82) is 0 Å². The number of carbonyl (C=O) groups excluding carboxylic acids is 1. The Balaban J connectivity index is 1.99. The van der Waals surface area contributed by atoms with Crippen LogP contribution >= 0.6 is 0 Å². The zero-order valence-corrected chi connectivity index (χ0v) is 13.2. The predicted octanol–water partition coefficient (Wildman–Crippen LogP) is 2.73. The molecule has 21 heavy (non-hydrogen) atoms. The number of aromatic nitrogens is 2. The lowest BCUT2D eigenvalue weighted by Crippen LogP contribution is -2.29. The molecule has 116 valence electrons. The van der Waals surface area contributed by atoms with E-state index in [1.807, 2.05) is 25.5 Å². The van der Waals surface area contributed by atoms with Crippen LogP contribution in [0.25, 0.3) is 0 Å². The summed E-state index contributed by atoms with van der Waals surface area (Å²) >= 11 is 0. The van der Waals surface area contributed by atoms with Crippen LogP contribution in [-0.2, 0) is 16.2 Å². The molecule has 6 heteroatoms. The van der Waals surface area contributed by atoms with Crippen LogP contribution in [0.2, 0.25) is 0 Å². The van der Waals surface area contributed by atoms with E-state index in [1.54, 1.807) is 6.20 Å². The first-order chi connectivity index (χ1) is 10.0. The van der Waals surface area contributed by atoms with E-state index >= 15 is 0 Å². The summed E-state index contributed by atoms with van der Waals surface area (Å²) in [4.78, 5) is 17.6. The molecule has 0 aromatic carbocycles. The number of hydrogen-bond donors (Lipinski definition) is 1. The van der Waals surface area contributed by atoms with Crippen LogP contribution in [0.5, 0.6) is 0 Å². The maximum atomic E-state index is 12.3. The topological polar surface area (TPSA) is 68.5 Å². The van der Waals surface area contributed by atoms with Gasteiger partial charge in [-0.1, -0.05) is 32.3 Å². The van der Waals surface area contributed by atoms with Gasteiger partial charge >= 0.3 is 0 Å². The molecule has 1 atom stereocenters. The number of carbonyl (C=O) groups is 1. The Morgan fingerprint density at radius 2 is 2.33 bits per heavy atom. The third-order valence-corrected chi connectivity index (χ3v) is 3.64. The molecule has 0 saturated heterocycles. The van der Waals surface area contributed by atoms with Gasteiger partial charge in [0.25, 0.3) is 5.91 Å². The van der Waals surface area contributed by atoms with Gasteiger partial charge in [0.15, 0.2) is 0 Å². The first-order valence-corrected chi connectivity index (χ1v) is 7.58. The largest absolute Gasteiger partial charge is 0.382 e. The van der Waals surface area contributed by atoms with Gasteiger partial charge in [0, 0.05) is 18.5 Å². The first-order valence-electron chi connectivity index (χ1n) is 7.58. The zero-order chi connectivity index (χ0) is 15.4. The van der Waals surface area contributed by atoms with Crippen molar-refractivity contribution in [2.75, 3.05) is 5.32 Å². The van der Waals surface area contributed by atoms with Gasteiger partial charge in [0.05, 0.1) is 11.9 Å². The number of nitrogens with one attached hydrogen (secondary N) is 1. The van der Waals surface area contributed by atoms with Gasteiger partial charge < -0.3 is 10.2 Å². The second kappa shape index (κ2) is 6.74. The molecule has 1 aliphatic heterocycles. The average Bonchev–Trinajstić information content (AvgIpc) is 3.06. The van der Waals surface area contributed by atoms with E-state index in [-0.39, 0.29) is 5.91 Å². The van der Waals surface area contributed by atoms with E-state index in [4.69, 9.17) is 4.84 Å². The summed E-state index contributed by atoms with van der Waals surface area (Å²) in [5, 5.41) is 11.2. The normalized spacial score (nSPS) is 17.8. The lowest BCUT2D eigenvalue weighted by molar-refractivity contribution is -0.125. The Labute approximate surface area is 125 Å². The maximum Gasteiger partial charge on any atom is 0.269 e. The molecule has 0 bridgehead atoms. The van der Waals surface area contributed by atoms with Crippen molar-refractivity contribution in [1.82, 2.24) is 9.78 Å². The average molecular weight is 292 g/mol. The number of rotatable bonds is 6. The summed E-state index contributed by atoms with van der Waals surface area (Å²) in [6.07, 6.45) is 3.92. The minimum atomic E-state index is -0.531. The molecule has 6 nitrogen and oxygen atoms in total. The van der Waals surface area contributed by atoms with Crippen LogP contribution in [0.15, 0.2) is 11.4 Å². The Morgan fingerprint density at radius 1 is 1.57 bits per heavy atom. The third kappa shape index (κ3) is 3.62. The molecule has 1 amide bonds. The molecular weight excluding hydrogens is 268 g/mol. The van der Waals surface area contributed by atoms with Gasteiger partial charge in [-0.15, -0.1) is 0 Å². The number of nitrogens with zero attached hydrogens (tertiary/aromatic N) is 3. The third-order valence-electron chi connectivity index (χ3n) is 3.64. The van der Waals surface area contributed by atoms with Crippen LogP contribution in [0.3, 0.4) is 0 Å². The van der Waals surface area contributed by atoms with Crippen molar-refractivity contribution >= 4 is 17.4 Å². The monoisotopic (exact) mass is 292 g/mol. The second-order valence-electron chi connectivity index (χ2n) is 5.78. The van der Waals surface area contributed by atoms with E-state index in [1.165, 1.54) is 0 Å². The van der Waals surface area contributed by atoms with Crippen molar-refractivity contribution in [3.63, 3.8) is 0 Å². The molecule has 0 unspecified atom stereocenters.